The van der Waals surface area contributed by atoms with Crippen molar-refractivity contribution in [1.29, 1.82) is 0 Å². The van der Waals surface area contributed by atoms with Crippen molar-refractivity contribution >= 4 is 17.4 Å². The van der Waals surface area contributed by atoms with Crippen LogP contribution in [0, 0.1) is 11.6 Å². The van der Waals surface area contributed by atoms with E-state index in [2.05, 4.69) is 0 Å². The molecule has 2 heterocycles. The Morgan fingerprint density at radius 2 is 1.38 bits per heavy atom. The SMILES string of the molecule is COc1ccc(C(=O)CN2C(=O)COc3ccc(-c4cc(-c5ccc(F)cc5)cc(-c5ccc(F)cc5)n4)cc32)cc1. The fourth-order valence-electron chi connectivity index (χ4n) is 4.80. The first-order chi connectivity index (χ1) is 20.4. The van der Waals surface area contributed by atoms with Gasteiger partial charge in [-0.15, -0.1) is 0 Å². The van der Waals surface area contributed by atoms with Gasteiger partial charge >= 0.3 is 0 Å². The Balaban J connectivity index is 1.40. The van der Waals surface area contributed by atoms with E-state index in [0.717, 1.165) is 11.1 Å². The van der Waals surface area contributed by atoms with Crippen molar-refractivity contribution in [3.63, 3.8) is 0 Å². The predicted octanol–water partition coefficient (Wildman–Crippen LogP) is 6.98. The number of aromatic nitrogens is 1. The summed E-state index contributed by atoms with van der Waals surface area (Å²) in [5.74, 6) is -0.206. The van der Waals surface area contributed by atoms with Crippen LogP contribution in [0.15, 0.2) is 103 Å². The lowest BCUT2D eigenvalue weighted by Crippen LogP contribution is -2.42. The van der Waals surface area contributed by atoms with Crippen LogP contribution in [0.2, 0.25) is 0 Å². The van der Waals surface area contributed by atoms with E-state index in [1.54, 1.807) is 67.8 Å². The van der Waals surface area contributed by atoms with Crippen molar-refractivity contribution < 1.29 is 27.8 Å². The third-order valence-corrected chi connectivity index (χ3v) is 7.05. The van der Waals surface area contributed by atoms with E-state index in [1.807, 2.05) is 18.2 Å². The molecule has 0 fully saturated rings. The zero-order valence-electron chi connectivity index (χ0n) is 22.5. The van der Waals surface area contributed by atoms with Gasteiger partial charge in [-0.05, 0) is 102 Å². The monoisotopic (exact) mass is 562 g/mol. The van der Waals surface area contributed by atoms with E-state index >= 15 is 0 Å². The summed E-state index contributed by atoms with van der Waals surface area (Å²) in [6.07, 6.45) is 0. The molecule has 1 aliphatic heterocycles. The quantitative estimate of drug-likeness (QED) is 0.200. The summed E-state index contributed by atoms with van der Waals surface area (Å²) in [6, 6.07) is 27.9. The average molecular weight is 563 g/mol. The average Bonchev–Trinajstić information content (AvgIpc) is 3.02. The van der Waals surface area contributed by atoms with Crippen molar-refractivity contribution in [2.45, 2.75) is 0 Å². The van der Waals surface area contributed by atoms with Crippen LogP contribution in [0.25, 0.3) is 33.6 Å². The molecular weight excluding hydrogens is 538 g/mol. The summed E-state index contributed by atoms with van der Waals surface area (Å²) in [5, 5.41) is 0. The Labute approximate surface area is 240 Å². The van der Waals surface area contributed by atoms with Crippen LogP contribution in [0.3, 0.4) is 0 Å². The maximum atomic E-state index is 13.7. The van der Waals surface area contributed by atoms with E-state index in [1.165, 1.54) is 29.2 Å². The zero-order valence-corrected chi connectivity index (χ0v) is 22.5. The van der Waals surface area contributed by atoms with Crippen LogP contribution in [0.4, 0.5) is 14.5 Å². The Kier molecular flexibility index (Phi) is 7.19. The first kappa shape index (κ1) is 26.8. The summed E-state index contributed by atoms with van der Waals surface area (Å²) in [4.78, 5) is 32.4. The second kappa shape index (κ2) is 11.2. The predicted molar refractivity (Wildman–Crippen MR) is 156 cm³/mol. The number of methoxy groups -OCH3 is 1. The minimum Gasteiger partial charge on any atom is -0.497 e. The first-order valence-corrected chi connectivity index (χ1v) is 13.2. The van der Waals surface area contributed by atoms with Crippen LogP contribution in [-0.2, 0) is 4.79 Å². The largest absolute Gasteiger partial charge is 0.497 e. The molecule has 8 heteroatoms. The van der Waals surface area contributed by atoms with E-state index in [0.29, 0.717) is 45.3 Å². The Morgan fingerprint density at radius 1 is 0.786 bits per heavy atom. The number of nitrogens with zero attached hydrogens (tertiary/aromatic N) is 2. The molecule has 6 nitrogen and oxygen atoms in total. The number of hydrogen-bond donors (Lipinski definition) is 0. The van der Waals surface area contributed by atoms with Gasteiger partial charge in [0.25, 0.3) is 5.91 Å². The van der Waals surface area contributed by atoms with E-state index in [-0.39, 0.29) is 36.5 Å². The second-order valence-corrected chi connectivity index (χ2v) is 9.74. The summed E-state index contributed by atoms with van der Waals surface area (Å²) >= 11 is 0. The van der Waals surface area contributed by atoms with Gasteiger partial charge in [0.15, 0.2) is 12.4 Å². The molecule has 0 radical (unpaired) electrons. The van der Waals surface area contributed by atoms with Gasteiger partial charge in [-0.25, -0.2) is 13.8 Å². The molecule has 0 atom stereocenters. The minimum atomic E-state index is -0.364. The van der Waals surface area contributed by atoms with E-state index < -0.39 is 0 Å². The number of carbonyl (C=O) groups is 2. The van der Waals surface area contributed by atoms with Gasteiger partial charge in [-0.2, -0.15) is 0 Å². The highest BCUT2D eigenvalue weighted by atomic mass is 19.1. The van der Waals surface area contributed by atoms with Crippen LogP contribution in [0.5, 0.6) is 11.5 Å². The smallest absolute Gasteiger partial charge is 0.265 e. The van der Waals surface area contributed by atoms with Crippen molar-refractivity contribution in [3.05, 3.63) is 120 Å². The Morgan fingerprint density at radius 3 is 2.02 bits per heavy atom. The number of carbonyl (C=O) groups excluding carboxylic acids is 2. The highest BCUT2D eigenvalue weighted by Crippen LogP contribution is 2.38. The number of fused-ring (bicyclic) bond motifs is 1. The van der Waals surface area contributed by atoms with Gasteiger partial charge in [0.05, 0.1) is 30.7 Å². The van der Waals surface area contributed by atoms with Crippen LogP contribution in [-0.4, -0.2) is 36.9 Å². The van der Waals surface area contributed by atoms with Crippen molar-refractivity contribution in [3.8, 4) is 45.1 Å². The Hall–Kier alpha value is -5.37. The molecule has 0 saturated heterocycles. The number of anilines is 1. The number of halogens is 2. The van der Waals surface area contributed by atoms with Crippen LogP contribution < -0.4 is 14.4 Å². The molecular formula is C34H24F2N2O4. The summed E-state index contributed by atoms with van der Waals surface area (Å²) in [7, 11) is 1.55. The van der Waals surface area contributed by atoms with Gasteiger partial charge in [-0.1, -0.05) is 12.1 Å². The highest BCUT2D eigenvalue weighted by molar-refractivity contribution is 6.07. The lowest BCUT2D eigenvalue weighted by molar-refractivity contribution is -0.121. The number of Topliss-reactive ketones (excluding diaryl/α,β-unsaturated/α-hetero) is 1. The van der Waals surface area contributed by atoms with Crippen molar-refractivity contribution in [2.24, 2.45) is 0 Å². The standard InChI is InChI=1S/C34H24F2N2O4/c1-41-28-13-6-23(7-14-28)32(39)19-38-31-18-24(8-15-33(31)42-20-34(38)40)30-17-25(21-2-9-26(35)10-3-21)16-29(37-30)22-4-11-27(36)12-5-22/h2-18H,19-20H2,1H3. The van der Waals surface area contributed by atoms with Crippen LogP contribution >= 0.6 is 0 Å². The van der Waals surface area contributed by atoms with Gasteiger partial charge < -0.3 is 9.47 Å². The Bertz CT molecular complexity index is 1720. The maximum absolute atomic E-state index is 13.7. The molecule has 1 aliphatic rings. The molecule has 0 aliphatic carbocycles. The van der Waals surface area contributed by atoms with E-state index in [4.69, 9.17) is 14.5 Å². The number of benzene rings is 4. The lowest BCUT2D eigenvalue weighted by Gasteiger charge is -2.29. The molecule has 5 aromatic rings. The molecule has 0 bridgehead atoms. The molecule has 1 amide bonds. The maximum Gasteiger partial charge on any atom is 0.265 e. The van der Waals surface area contributed by atoms with E-state index in [9.17, 15) is 18.4 Å². The number of hydrogen-bond acceptors (Lipinski definition) is 5. The second-order valence-electron chi connectivity index (χ2n) is 9.74. The minimum absolute atomic E-state index is 0.172. The first-order valence-electron chi connectivity index (χ1n) is 13.2. The number of pyridine rings is 1. The van der Waals surface area contributed by atoms with Crippen molar-refractivity contribution in [2.75, 3.05) is 25.2 Å². The molecule has 4 aromatic carbocycles. The fraction of sp³-hybridized carbons (Fsp3) is 0.0882. The van der Waals surface area contributed by atoms with Gasteiger partial charge in [0.2, 0.25) is 0 Å². The number of ether oxygens (including phenoxy) is 2. The number of ketones is 1. The van der Waals surface area contributed by atoms with Gasteiger partial charge in [-0.3, -0.25) is 14.5 Å². The lowest BCUT2D eigenvalue weighted by atomic mass is 9.99. The molecule has 0 saturated carbocycles. The van der Waals surface area contributed by atoms with Crippen molar-refractivity contribution in [1.82, 2.24) is 4.98 Å². The molecule has 1 aromatic heterocycles. The van der Waals surface area contributed by atoms with Gasteiger partial charge in [0.1, 0.15) is 23.1 Å². The molecule has 6 rings (SSSR count). The fourth-order valence-corrected chi connectivity index (χ4v) is 4.80. The number of amides is 1. The van der Waals surface area contributed by atoms with Crippen LogP contribution in [0.1, 0.15) is 10.4 Å². The molecule has 0 spiro atoms. The summed E-state index contributed by atoms with van der Waals surface area (Å²) in [5.41, 5.74) is 4.96. The molecule has 0 unspecified atom stereocenters. The number of rotatable bonds is 7. The summed E-state index contributed by atoms with van der Waals surface area (Å²) < 4.78 is 38.2. The van der Waals surface area contributed by atoms with Gasteiger partial charge in [0, 0.05) is 16.7 Å². The zero-order chi connectivity index (χ0) is 29.2. The third-order valence-electron chi connectivity index (χ3n) is 7.05. The third kappa shape index (κ3) is 5.47. The molecule has 0 N–H and O–H groups in total. The molecule has 42 heavy (non-hydrogen) atoms. The topological polar surface area (TPSA) is 68.7 Å². The summed E-state index contributed by atoms with van der Waals surface area (Å²) in [6.45, 7) is -0.357. The highest BCUT2D eigenvalue weighted by Gasteiger charge is 2.28. The molecule has 208 valence electrons. The normalized spacial score (nSPS) is 12.5.